The minimum absolute atomic E-state index is 0.0625. The van der Waals surface area contributed by atoms with Crippen molar-refractivity contribution in [2.24, 2.45) is 5.41 Å². The lowest BCUT2D eigenvalue weighted by Gasteiger charge is -2.17. The molecule has 4 nitrogen and oxygen atoms in total. The van der Waals surface area contributed by atoms with Gasteiger partial charge in [-0.05, 0) is 24.8 Å². The highest BCUT2D eigenvalue weighted by Gasteiger charge is 2.13. The lowest BCUT2D eigenvalue weighted by molar-refractivity contribution is 0.0945. The summed E-state index contributed by atoms with van der Waals surface area (Å²) in [6.07, 6.45) is 2.78. The SMILES string of the molecule is Cc1nc(-c2c[nH]c(C(=O)NCCC(C)(C)C)c2)cs1. The third-order valence-electron chi connectivity index (χ3n) is 3.00. The molecule has 5 heteroatoms. The van der Waals surface area contributed by atoms with Gasteiger partial charge in [-0.15, -0.1) is 11.3 Å². The van der Waals surface area contributed by atoms with E-state index in [-0.39, 0.29) is 11.3 Å². The van der Waals surface area contributed by atoms with Crippen LogP contribution in [0.2, 0.25) is 0 Å². The molecule has 2 N–H and O–H groups in total. The molecule has 0 aliphatic carbocycles. The number of carbonyl (C=O) groups is 1. The number of nitrogens with zero attached hydrogens (tertiary/aromatic N) is 1. The van der Waals surface area contributed by atoms with Crippen molar-refractivity contribution in [1.82, 2.24) is 15.3 Å². The first-order chi connectivity index (χ1) is 9.35. The van der Waals surface area contributed by atoms with Crippen LogP contribution in [0.15, 0.2) is 17.6 Å². The largest absolute Gasteiger partial charge is 0.357 e. The third-order valence-corrected chi connectivity index (χ3v) is 3.78. The Balaban J connectivity index is 1.96. The van der Waals surface area contributed by atoms with Crippen LogP contribution < -0.4 is 5.32 Å². The molecule has 0 spiro atoms. The summed E-state index contributed by atoms with van der Waals surface area (Å²) in [5, 5.41) is 5.96. The second-order valence-corrected chi connectivity index (χ2v) is 7.18. The molecule has 20 heavy (non-hydrogen) atoms. The van der Waals surface area contributed by atoms with Crippen molar-refractivity contribution >= 4 is 17.2 Å². The highest BCUT2D eigenvalue weighted by molar-refractivity contribution is 7.09. The molecule has 0 aliphatic heterocycles. The van der Waals surface area contributed by atoms with E-state index in [4.69, 9.17) is 0 Å². The molecule has 2 rings (SSSR count). The Morgan fingerprint density at radius 3 is 2.80 bits per heavy atom. The molecular weight excluding hydrogens is 270 g/mol. The van der Waals surface area contributed by atoms with Crippen LogP contribution in [-0.2, 0) is 0 Å². The van der Waals surface area contributed by atoms with Gasteiger partial charge in [0.1, 0.15) is 5.69 Å². The number of aromatic amines is 1. The lowest BCUT2D eigenvalue weighted by Crippen LogP contribution is -2.27. The van der Waals surface area contributed by atoms with Gasteiger partial charge in [0.05, 0.1) is 10.7 Å². The van der Waals surface area contributed by atoms with E-state index < -0.39 is 0 Å². The molecule has 0 saturated heterocycles. The van der Waals surface area contributed by atoms with E-state index in [2.05, 4.69) is 36.1 Å². The Hall–Kier alpha value is -1.62. The van der Waals surface area contributed by atoms with Crippen LogP contribution in [0.5, 0.6) is 0 Å². The normalized spacial score (nSPS) is 11.6. The maximum atomic E-state index is 12.0. The molecule has 0 radical (unpaired) electrons. The summed E-state index contributed by atoms with van der Waals surface area (Å²) < 4.78 is 0. The number of carbonyl (C=O) groups excluding carboxylic acids is 1. The van der Waals surface area contributed by atoms with E-state index >= 15 is 0 Å². The predicted octanol–water partition coefficient (Wildman–Crippen LogP) is 3.61. The summed E-state index contributed by atoms with van der Waals surface area (Å²) in [5.41, 5.74) is 2.68. The van der Waals surface area contributed by atoms with Crippen molar-refractivity contribution in [3.8, 4) is 11.3 Å². The van der Waals surface area contributed by atoms with E-state index in [1.54, 1.807) is 11.3 Å². The van der Waals surface area contributed by atoms with Gasteiger partial charge in [0, 0.05) is 23.7 Å². The fraction of sp³-hybridized carbons (Fsp3) is 0.467. The number of aryl methyl sites for hydroxylation is 1. The van der Waals surface area contributed by atoms with E-state index in [0.717, 1.165) is 22.7 Å². The van der Waals surface area contributed by atoms with Gasteiger partial charge in [-0.25, -0.2) is 4.98 Å². The molecular formula is C15H21N3OS. The van der Waals surface area contributed by atoms with Crippen molar-refractivity contribution in [3.05, 3.63) is 28.3 Å². The molecule has 2 aromatic rings. The van der Waals surface area contributed by atoms with Crippen LogP contribution in [0, 0.1) is 12.3 Å². The quantitative estimate of drug-likeness (QED) is 0.904. The minimum Gasteiger partial charge on any atom is -0.357 e. The van der Waals surface area contributed by atoms with Crippen LogP contribution in [0.3, 0.4) is 0 Å². The van der Waals surface area contributed by atoms with Gasteiger partial charge in [-0.1, -0.05) is 20.8 Å². The number of thiazole rings is 1. The fourth-order valence-electron chi connectivity index (χ4n) is 1.82. The van der Waals surface area contributed by atoms with Gasteiger partial charge in [0.25, 0.3) is 5.91 Å². The van der Waals surface area contributed by atoms with Crippen molar-refractivity contribution in [2.45, 2.75) is 34.1 Å². The molecule has 2 aromatic heterocycles. The van der Waals surface area contributed by atoms with Gasteiger partial charge >= 0.3 is 0 Å². The van der Waals surface area contributed by atoms with Crippen LogP contribution >= 0.6 is 11.3 Å². The van der Waals surface area contributed by atoms with Crippen molar-refractivity contribution in [1.29, 1.82) is 0 Å². The minimum atomic E-state index is -0.0625. The average Bonchev–Trinajstić information content (AvgIpc) is 2.95. The summed E-state index contributed by atoms with van der Waals surface area (Å²) in [4.78, 5) is 19.4. The van der Waals surface area contributed by atoms with Gasteiger partial charge in [0.15, 0.2) is 0 Å². The number of nitrogens with one attached hydrogen (secondary N) is 2. The highest BCUT2D eigenvalue weighted by Crippen LogP contribution is 2.22. The van der Waals surface area contributed by atoms with Crippen molar-refractivity contribution in [3.63, 3.8) is 0 Å². The number of hydrogen-bond donors (Lipinski definition) is 2. The zero-order chi connectivity index (χ0) is 14.8. The first kappa shape index (κ1) is 14.8. The Morgan fingerprint density at radius 1 is 1.45 bits per heavy atom. The Kier molecular flexibility index (Phi) is 4.28. The average molecular weight is 291 g/mol. The smallest absolute Gasteiger partial charge is 0.267 e. The first-order valence-electron chi connectivity index (χ1n) is 6.74. The predicted molar refractivity (Wildman–Crippen MR) is 83.0 cm³/mol. The summed E-state index contributed by atoms with van der Waals surface area (Å²) in [7, 11) is 0. The number of aromatic nitrogens is 2. The number of H-pyrrole nitrogens is 1. The Bertz CT molecular complexity index is 592. The summed E-state index contributed by atoms with van der Waals surface area (Å²) >= 11 is 1.61. The van der Waals surface area contributed by atoms with E-state index in [9.17, 15) is 4.79 Å². The third kappa shape index (κ3) is 3.93. The molecule has 2 heterocycles. The van der Waals surface area contributed by atoms with Crippen molar-refractivity contribution in [2.75, 3.05) is 6.54 Å². The van der Waals surface area contributed by atoms with Gasteiger partial charge in [0.2, 0.25) is 0 Å². The van der Waals surface area contributed by atoms with E-state index in [0.29, 0.717) is 12.2 Å². The second-order valence-electron chi connectivity index (χ2n) is 6.12. The lowest BCUT2D eigenvalue weighted by atomic mass is 9.92. The summed E-state index contributed by atoms with van der Waals surface area (Å²) in [5.74, 6) is -0.0625. The molecule has 0 fully saturated rings. The molecule has 0 bridgehead atoms. The fourth-order valence-corrected chi connectivity index (χ4v) is 2.44. The summed E-state index contributed by atoms with van der Waals surface area (Å²) in [6, 6.07) is 1.85. The molecule has 0 atom stereocenters. The van der Waals surface area contributed by atoms with E-state index in [1.165, 1.54) is 0 Å². The topological polar surface area (TPSA) is 57.8 Å². The number of amides is 1. The Morgan fingerprint density at radius 2 is 2.20 bits per heavy atom. The summed E-state index contributed by atoms with van der Waals surface area (Å²) in [6.45, 7) is 9.15. The monoisotopic (exact) mass is 291 g/mol. The number of rotatable bonds is 4. The van der Waals surface area contributed by atoms with Gasteiger partial charge in [-0.2, -0.15) is 0 Å². The van der Waals surface area contributed by atoms with Crippen LogP contribution in [-0.4, -0.2) is 22.4 Å². The molecule has 0 aromatic carbocycles. The van der Waals surface area contributed by atoms with Crippen molar-refractivity contribution < 1.29 is 4.79 Å². The van der Waals surface area contributed by atoms with Gasteiger partial charge in [-0.3, -0.25) is 4.79 Å². The number of hydrogen-bond acceptors (Lipinski definition) is 3. The standard InChI is InChI=1S/C15H21N3OS/c1-10-18-13(9-20-10)11-7-12(17-8-11)14(19)16-6-5-15(2,3)4/h7-9,17H,5-6H2,1-4H3,(H,16,19). The second kappa shape index (κ2) is 5.79. The first-order valence-corrected chi connectivity index (χ1v) is 7.62. The molecule has 0 aliphatic rings. The van der Waals surface area contributed by atoms with Crippen LogP contribution in [0.4, 0.5) is 0 Å². The highest BCUT2D eigenvalue weighted by atomic mass is 32.1. The van der Waals surface area contributed by atoms with Gasteiger partial charge < -0.3 is 10.3 Å². The maximum Gasteiger partial charge on any atom is 0.267 e. The molecule has 0 saturated carbocycles. The van der Waals surface area contributed by atoms with Crippen LogP contribution in [0.25, 0.3) is 11.3 Å². The molecule has 0 unspecified atom stereocenters. The van der Waals surface area contributed by atoms with Crippen LogP contribution in [0.1, 0.15) is 42.7 Å². The zero-order valence-corrected chi connectivity index (χ0v) is 13.2. The zero-order valence-electron chi connectivity index (χ0n) is 12.4. The van der Waals surface area contributed by atoms with E-state index in [1.807, 2.05) is 24.6 Å². The molecule has 1 amide bonds. The Labute approximate surface area is 123 Å². The maximum absolute atomic E-state index is 12.0. The molecule has 108 valence electrons.